The second-order valence-electron chi connectivity index (χ2n) is 12.7. The van der Waals surface area contributed by atoms with E-state index < -0.39 is 0 Å². The van der Waals surface area contributed by atoms with Gasteiger partial charge in [0.25, 0.3) is 0 Å². The van der Waals surface area contributed by atoms with Crippen LogP contribution in [-0.2, 0) is 0 Å². The van der Waals surface area contributed by atoms with Gasteiger partial charge >= 0.3 is 6.85 Å². The number of fused-ring (bicyclic) bond motifs is 9. The summed E-state index contributed by atoms with van der Waals surface area (Å²) in [6, 6.07) is 43.7. The molecule has 0 atom stereocenters. The summed E-state index contributed by atoms with van der Waals surface area (Å²) >= 11 is 0. The monoisotopic (exact) mass is 592 g/mol. The van der Waals surface area contributed by atoms with E-state index in [0.29, 0.717) is 5.89 Å². The van der Waals surface area contributed by atoms with Crippen molar-refractivity contribution in [3.8, 4) is 28.3 Å². The van der Waals surface area contributed by atoms with Gasteiger partial charge in [0.1, 0.15) is 5.52 Å². The fourth-order valence-electron chi connectivity index (χ4n) is 7.91. The Morgan fingerprint density at radius 1 is 0.739 bits per heavy atom. The molecule has 0 N–H and O–H groups in total. The van der Waals surface area contributed by atoms with Gasteiger partial charge in [-0.1, -0.05) is 60.7 Å². The summed E-state index contributed by atoms with van der Waals surface area (Å²) in [5, 5.41) is 2.59. The van der Waals surface area contributed by atoms with Crippen molar-refractivity contribution in [3.63, 3.8) is 0 Å². The molecule has 0 spiro atoms. The number of aryl methyl sites for hydroxylation is 1. The first kappa shape index (κ1) is 25.6. The normalized spacial score (nSPS) is 13.0. The molecule has 218 valence electrons. The fraction of sp³-hybridized carbons (Fsp3) is 0.0750. The molecule has 0 amide bonds. The minimum Gasteiger partial charge on any atom is -0.436 e. The van der Waals surface area contributed by atoms with Gasteiger partial charge in [-0.15, -0.1) is 0 Å². The van der Waals surface area contributed by atoms with Crippen LogP contribution in [0.3, 0.4) is 0 Å². The topological polar surface area (TPSA) is 37.4 Å². The summed E-state index contributed by atoms with van der Waals surface area (Å²) < 4.78 is 8.96. The van der Waals surface area contributed by atoms with E-state index in [-0.39, 0.29) is 6.85 Å². The molecule has 2 aliphatic rings. The summed E-state index contributed by atoms with van der Waals surface area (Å²) in [5.41, 5.74) is 16.2. The number of benzene rings is 6. The first-order valence-corrected chi connectivity index (χ1v) is 15.8. The highest BCUT2D eigenvalue weighted by molar-refractivity contribution is 6.93. The minimum absolute atomic E-state index is 0.0636. The number of para-hydroxylation sites is 2. The number of rotatable bonds is 3. The standard InChI is InChI=1S/C40H29BN4O/c1-24-21-30-28-13-7-10-16-34(28)45(27-19-17-26(18-20-27)43(2)3)41-31-22-32-36(46-40(42-32)25-11-5-4-6-12-25)23-35(31)44-33-15-9-8-14-29(33)37(24)39(44)38(30)41/h4-23H,1-3H3. The minimum atomic E-state index is -0.0636. The lowest BCUT2D eigenvalue weighted by Crippen LogP contribution is -2.60. The number of anilines is 3. The molecule has 0 bridgehead atoms. The van der Waals surface area contributed by atoms with Gasteiger partial charge in [0.15, 0.2) is 5.58 Å². The number of oxazole rings is 1. The molecule has 4 heterocycles. The highest BCUT2D eigenvalue weighted by Gasteiger charge is 2.44. The second-order valence-corrected chi connectivity index (χ2v) is 12.7. The van der Waals surface area contributed by atoms with Crippen molar-refractivity contribution in [1.82, 2.24) is 9.55 Å². The van der Waals surface area contributed by atoms with E-state index in [9.17, 15) is 0 Å². The quantitative estimate of drug-likeness (QED) is 0.194. The van der Waals surface area contributed by atoms with E-state index in [1.165, 1.54) is 60.8 Å². The summed E-state index contributed by atoms with van der Waals surface area (Å²) in [7, 11) is 4.17. The van der Waals surface area contributed by atoms with Crippen LogP contribution < -0.4 is 20.6 Å². The number of hydrogen-bond donors (Lipinski definition) is 0. The number of nitrogens with zero attached hydrogens (tertiary/aromatic N) is 4. The highest BCUT2D eigenvalue weighted by Crippen LogP contribution is 2.46. The van der Waals surface area contributed by atoms with Crippen LogP contribution in [0.25, 0.3) is 61.2 Å². The average molecular weight is 593 g/mol. The van der Waals surface area contributed by atoms with Gasteiger partial charge in [0.05, 0.1) is 11.0 Å². The van der Waals surface area contributed by atoms with E-state index in [1.807, 2.05) is 18.2 Å². The summed E-state index contributed by atoms with van der Waals surface area (Å²) in [6.45, 7) is 2.20. The molecule has 0 saturated carbocycles. The first-order chi connectivity index (χ1) is 22.6. The third-order valence-corrected chi connectivity index (χ3v) is 9.90. The van der Waals surface area contributed by atoms with Crippen molar-refractivity contribution in [2.75, 3.05) is 23.8 Å². The van der Waals surface area contributed by atoms with Gasteiger partial charge in [0.2, 0.25) is 5.89 Å². The van der Waals surface area contributed by atoms with E-state index in [4.69, 9.17) is 9.40 Å². The zero-order valence-corrected chi connectivity index (χ0v) is 25.8. The molecule has 5 nitrogen and oxygen atoms in total. The molecule has 6 aromatic carbocycles. The largest absolute Gasteiger partial charge is 0.436 e. The van der Waals surface area contributed by atoms with Crippen LogP contribution in [0.2, 0.25) is 0 Å². The molecule has 2 aromatic heterocycles. The zero-order valence-electron chi connectivity index (χ0n) is 25.8. The van der Waals surface area contributed by atoms with E-state index in [2.05, 4.69) is 138 Å². The Morgan fingerprint density at radius 2 is 1.50 bits per heavy atom. The van der Waals surface area contributed by atoms with E-state index >= 15 is 0 Å². The third kappa shape index (κ3) is 3.33. The molecule has 2 aliphatic heterocycles. The summed E-state index contributed by atoms with van der Waals surface area (Å²) in [4.78, 5) is 9.73. The van der Waals surface area contributed by atoms with Crippen LogP contribution in [0.1, 0.15) is 5.56 Å². The molecule has 46 heavy (non-hydrogen) atoms. The van der Waals surface area contributed by atoms with E-state index in [1.54, 1.807) is 0 Å². The SMILES string of the molecule is Cc1cc2c3c4c1c1ccccc1n4-c1cc4oc(-c5ccccc5)nc4cc1B3N(c1ccc(N(C)C)cc1)c1ccccc1-2. The van der Waals surface area contributed by atoms with Gasteiger partial charge in [0, 0.05) is 64.8 Å². The highest BCUT2D eigenvalue weighted by atomic mass is 16.3. The van der Waals surface area contributed by atoms with Crippen LogP contribution in [-0.4, -0.2) is 30.5 Å². The van der Waals surface area contributed by atoms with Crippen LogP contribution in [0.5, 0.6) is 0 Å². The van der Waals surface area contributed by atoms with Crippen molar-refractivity contribution in [1.29, 1.82) is 0 Å². The Bertz CT molecular complexity index is 2530. The predicted octanol–water partition coefficient (Wildman–Crippen LogP) is 8.20. The Hall–Kier alpha value is -5.75. The fourth-order valence-corrected chi connectivity index (χ4v) is 7.91. The molecular formula is C40H29BN4O. The smallest absolute Gasteiger partial charge is 0.333 e. The van der Waals surface area contributed by atoms with Gasteiger partial charge in [-0.25, -0.2) is 4.98 Å². The van der Waals surface area contributed by atoms with Crippen LogP contribution in [0.15, 0.2) is 126 Å². The van der Waals surface area contributed by atoms with Crippen molar-refractivity contribution in [3.05, 3.63) is 127 Å². The van der Waals surface area contributed by atoms with Gasteiger partial charge in [-0.2, -0.15) is 0 Å². The molecule has 0 unspecified atom stereocenters. The average Bonchev–Trinajstić information content (AvgIpc) is 3.67. The predicted molar refractivity (Wildman–Crippen MR) is 192 cm³/mol. The van der Waals surface area contributed by atoms with Crippen LogP contribution >= 0.6 is 0 Å². The molecule has 8 aromatic rings. The molecule has 6 heteroatoms. The third-order valence-electron chi connectivity index (χ3n) is 9.90. The Labute approximate surface area is 267 Å². The lowest BCUT2D eigenvalue weighted by atomic mass is 9.44. The van der Waals surface area contributed by atoms with Crippen molar-refractivity contribution in [2.45, 2.75) is 6.92 Å². The van der Waals surface area contributed by atoms with E-state index in [0.717, 1.165) is 28.0 Å². The van der Waals surface area contributed by atoms with Crippen LogP contribution in [0, 0.1) is 6.92 Å². The van der Waals surface area contributed by atoms with Crippen molar-refractivity contribution >= 4 is 67.7 Å². The lowest BCUT2D eigenvalue weighted by molar-refractivity contribution is 0.619. The molecule has 0 saturated heterocycles. The van der Waals surface area contributed by atoms with Gasteiger partial charge < -0.3 is 18.7 Å². The molecule has 0 radical (unpaired) electrons. The van der Waals surface area contributed by atoms with Gasteiger partial charge in [-0.05, 0) is 83.6 Å². The Kier molecular flexibility index (Phi) is 5.08. The first-order valence-electron chi connectivity index (χ1n) is 15.8. The number of aromatic nitrogens is 2. The molecular weight excluding hydrogens is 563 g/mol. The van der Waals surface area contributed by atoms with Crippen molar-refractivity contribution < 1.29 is 4.42 Å². The van der Waals surface area contributed by atoms with Crippen molar-refractivity contribution in [2.24, 2.45) is 0 Å². The zero-order chi connectivity index (χ0) is 30.7. The summed E-state index contributed by atoms with van der Waals surface area (Å²) in [5.74, 6) is 0.639. The van der Waals surface area contributed by atoms with Gasteiger partial charge in [-0.3, -0.25) is 0 Å². The maximum Gasteiger partial charge on any atom is 0.333 e. The molecule has 0 aliphatic carbocycles. The molecule has 0 fully saturated rings. The Morgan fingerprint density at radius 3 is 2.33 bits per heavy atom. The Balaban J connectivity index is 1.35. The maximum atomic E-state index is 6.48. The molecule has 10 rings (SSSR count). The summed E-state index contributed by atoms with van der Waals surface area (Å²) in [6.07, 6.45) is 0. The van der Waals surface area contributed by atoms with Crippen LogP contribution in [0.4, 0.5) is 17.1 Å². The number of hydrogen-bond acceptors (Lipinski definition) is 4. The lowest BCUT2D eigenvalue weighted by Gasteiger charge is -2.42. The maximum absolute atomic E-state index is 6.48. The second kappa shape index (κ2) is 9.15.